The standard InChI is InChI=1S/C21H17FN4O2/c1-13-6-8-14(9-7-13)20-24-21(28-25-20)19-17-11-27-18(10-26(17)12-23-19)15-4-2-3-5-16(15)22/h2-9,12,18H,10-11H2,1H3. The molecular formula is C21H17FN4O2. The monoisotopic (exact) mass is 376 g/mol. The zero-order chi connectivity index (χ0) is 19.1. The van der Waals surface area contributed by atoms with Crippen LogP contribution in [0, 0.1) is 12.7 Å². The van der Waals surface area contributed by atoms with Gasteiger partial charge in [-0.3, -0.25) is 0 Å². The molecule has 28 heavy (non-hydrogen) atoms. The van der Waals surface area contributed by atoms with Crippen molar-refractivity contribution in [3.8, 4) is 23.0 Å². The molecule has 0 saturated carbocycles. The zero-order valence-electron chi connectivity index (χ0n) is 15.2. The normalized spacial score (nSPS) is 16.1. The van der Waals surface area contributed by atoms with Crippen LogP contribution in [0.25, 0.3) is 23.0 Å². The van der Waals surface area contributed by atoms with Crippen molar-refractivity contribution in [1.82, 2.24) is 19.7 Å². The number of hydrogen-bond donors (Lipinski definition) is 0. The minimum absolute atomic E-state index is 0.268. The molecule has 4 aromatic rings. The second-order valence-electron chi connectivity index (χ2n) is 6.80. The van der Waals surface area contributed by atoms with Gasteiger partial charge in [0.25, 0.3) is 5.89 Å². The van der Waals surface area contributed by atoms with Crippen molar-refractivity contribution in [2.45, 2.75) is 26.2 Å². The summed E-state index contributed by atoms with van der Waals surface area (Å²) in [6.45, 7) is 2.79. The largest absolute Gasteiger partial charge is 0.365 e. The van der Waals surface area contributed by atoms with E-state index in [-0.39, 0.29) is 18.5 Å². The molecule has 7 heteroatoms. The first-order valence-electron chi connectivity index (χ1n) is 9.00. The lowest BCUT2D eigenvalue weighted by Gasteiger charge is -2.25. The summed E-state index contributed by atoms with van der Waals surface area (Å²) < 4.78 is 27.4. The molecule has 1 atom stereocenters. The molecule has 2 aromatic carbocycles. The fourth-order valence-corrected chi connectivity index (χ4v) is 3.37. The number of halogens is 1. The Morgan fingerprint density at radius 1 is 1.11 bits per heavy atom. The van der Waals surface area contributed by atoms with Gasteiger partial charge in [-0.1, -0.05) is 53.2 Å². The Bertz CT molecular complexity index is 1130. The smallest absolute Gasteiger partial charge is 0.278 e. The van der Waals surface area contributed by atoms with Gasteiger partial charge in [-0.15, -0.1) is 0 Å². The van der Waals surface area contributed by atoms with E-state index < -0.39 is 0 Å². The van der Waals surface area contributed by atoms with Crippen LogP contribution in [0.3, 0.4) is 0 Å². The Hall–Kier alpha value is -3.32. The molecule has 0 aliphatic carbocycles. The molecule has 0 fully saturated rings. The highest BCUT2D eigenvalue weighted by Gasteiger charge is 2.27. The first-order chi connectivity index (χ1) is 13.7. The number of aromatic nitrogens is 4. The van der Waals surface area contributed by atoms with Crippen LogP contribution in [0.2, 0.25) is 0 Å². The van der Waals surface area contributed by atoms with Gasteiger partial charge in [-0.05, 0) is 13.0 Å². The number of ether oxygens (including phenoxy) is 1. The molecule has 1 aliphatic heterocycles. The van der Waals surface area contributed by atoms with Gasteiger partial charge >= 0.3 is 0 Å². The van der Waals surface area contributed by atoms with Gasteiger partial charge in [0.15, 0.2) is 5.69 Å². The molecule has 1 aliphatic rings. The first kappa shape index (κ1) is 16.8. The minimum Gasteiger partial charge on any atom is -0.365 e. The third-order valence-corrected chi connectivity index (χ3v) is 4.92. The van der Waals surface area contributed by atoms with E-state index in [2.05, 4.69) is 15.1 Å². The maximum atomic E-state index is 14.1. The lowest BCUT2D eigenvalue weighted by atomic mass is 10.1. The second-order valence-corrected chi connectivity index (χ2v) is 6.80. The predicted molar refractivity (Wildman–Crippen MR) is 99.6 cm³/mol. The molecule has 2 aromatic heterocycles. The second kappa shape index (κ2) is 6.69. The van der Waals surface area contributed by atoms with Crippen molar-refractivity contribution in [3.05, 3.63) is 77.5 Å². The van der Waals surface area contributed by atoms with Gasteiger partial charge in [0.1, 0.15) is 11.9 Å². The highest BCUT2D eigenvalue weighted by atomic mass is 19.1. The number of hydrogen-bond acceptors (Lipinski definition) is 5. The van der Waals surface area contributed by atoms with E-state index in [9.17, 15) is 4.39 Å². The first-order valence-corrected chi connectivity index (χ1v) is 9.00. The summed E-state index contributed by atoms with van der Waals surface area (Å²) in [5.74, 6) is 0.589. The van der Waals surface area contributed by atoms with Crippen molar-refractivity contribution >= 4 is 0 Å². The van der Waals surface area contributed by atoms with Crippen molar-refractivity contribution in [2.75, 3.05) is 0 Å². The molecule has 0 N–H and O–H groups in total. The molecule has 0 saturated heterocycles. The molecular weight excluding hydrogens is 359 g/mol. The zero-order valence-corrected chi connectivity index (χ0v) is 15.2. The van der Waals surface area contributed by atoms with E-state index in [1.165, 1.54) is 6.07 Å². The van der Waals surface area contributed by atoms with Crippen LogP contribution in [-0.4, -0.2) is 19.7 Å². The summed E-state index contributed by atoms with van der Waals surface area (Å²) in [6, 6.07) is 14.6. The fourth-order valence-electron chi connectivity index (χ4n) is 3.37. The maximum Gasteiger partial charge on any atom is 0.278 e. The number of fused-ring (bicyclic) bond motifs is 1. The molecule has 0 amide bonds. The van der Waals surface area contributed by atoms with Crippen LogP contribution in [0.1, 0.15) is 22.9 Å². The van der Waals surface area contributed by atoms with Crippen LogP contribution in [0.15, 0.2) is 59.4 Å². The maximum absolute atomic E-state index is 14.1. The molecule has 0 bridgehead atoms. The van der Waals surface area contributed by atoms with E-state index in [1.54, 1.807) is 18.5 Å². The lowest BCUT2D eigenvalue weighted by molar-refractivity contribution is 0.00126. The van der Waals surface area contributed by atoms with Gasteiger partial charge < -0.3 is 13.8 Å². The SMILES string of the molecule is Cc1ccc(-c2noc(-c3ncn4c3COC(c3ccccc3F)C4)n2)cc1. The summed E-state index contributed by atoms with van der Waals surface area (Å²) in [5.41, 5.74) is 4.02. The summed E-state index contributed by atoms with van der Waals surface area (Å²) in [4.78, 5) is 8.92. The van der Waals surface area contributed by atoms with Crippen molar-refractivity contribution in [2.24, 2.45) is 0 Å². The van der Waals surface area contributed by atoms with Crippen LogP contribution < -0.4 is 0 Å². The van der Waals surface area contributed by atoms with E-state index in [0.29, 0.717) is 29.5 Å². The van der Waals surface area contributed by atoms with Gasteiger partial charge in [-0.25, -0.2) is 9.37 Å². The molecule has 5 rings (SSSR count). The predicted octanol–water partition coefficient (Wildman–Crippen LogP) is 4.32. The molecule has 3 heterocycles. The van der Waals surface area contributed by atoms with Crippen LogP contribution in [-0.2, 0) is 17.9 Å². The van der Waals surface area contributed by atoms with Crippen LogP contribution >= 0.6 is 0 Å². The van der Waals surface area contributed by atoms with E-state index in [1.807, 2.05) is 41.8 Å². The highest BCUT2D eigenvalue weighted by molar-refractivity contribution is 5.59. The quantitative estimate of drug-likeness (QED) is 0.533. The Morgan fingerprint density at radius 3 is 2.75 bits per heavy atom. The number of aryl methyl sites for hydroxylation is 1. The summed E-state index contributed by atoms with van der Waals surface area (Å²) in [5, 5.41) is 4.07. The summed E-state index contributed by atoms with van der Waals surface area (Å²) >= 11 is 0. The number of imidazole rings is 1. The third kappa shape index (κ3) is 2.90. The van der Waals surface area contributed by atoms with Gasteiger partial charge in [0.05, 0.1) is 25.2 Å². The molecule has 140 valence electrons. The molecule has 0 radical (unpaired) electrons. The Morgan fingerprint density at radius 2 is 1.93 bits per heavy atom. The molecule has 0 spiro atoms. The third-order valence-electron chi connectivity index (χ3n) is 4.92. The Labute approximate surface area is 160 Å². The van der Waals surface area contributed by atoms with E-state index in [0.717, 1.165) is 16.8 Å². The van der Waals surface area contributed by atoms with Gasteiger partial charge in [0, 0.05) is 11.1 Å². The topological polar surface area (TPSA) is 66.0 Å². The van der Waals surface area contributed by atoms with E-state index >= 15 is 0 Å². The Balaban J connectivity index is 1.43. The Kier molecular flexibility index (Phi) is 4.02. The molecule has 1 unspecified atom stereocenters. The van der Waals surface area contributed by atoms with Crippen LogP contribution in [0.5, 0.6) is 0 Å². The van der Waals surface area contributed by atoms with Crippen molar-refractivity contribution in [1.29, 1.82) is 0 Å². The van der Waals surface area contributed by atoms with Crippen LogP contribution in [0.4, 0.5) is 4.39 Å². The summed E-state index contributed by atoms with van der Waals surface area (Å²) in [6.07, 6.45) is 1.35. The number of nitrogens with zero attached hydrogens (tertiary/aromatic N) is 4. The molecule has 6 nitrogen and oxygen atoms in total. The minimum atomic E-state index is -0.360. The fraction of sp³-hybridized carbons (Fsp3) is 0.190. The van der Waals surface area contributed by atoms with Gasteiger partial charge in [-0.2, -0.15) is 4.98 Å². The van der Waals surface area contributed by atoms with Gasteiger partial charge in [0.2, 0.25) is 5.82 Å². The number of rotatable bonds is 3. The lowest BCUT2D eigenvalue weighted by Crippen LogP contribution is -2.21. The average molecular weight is 376 g/mol. The number of benzene rings is 2. The summed E-state index contributed by atoms with van der Waals surface area (Å²) in [7, 11) is 0. The average Bonchev–Trinajstić information content (AvgIpc) is 3.35. The van der Waals surface area contributed by atoms with Crippen molar-refractivity contribution < 1.29 is 13.7 Å². The van der Waals surface area contributed by atoms with Crippen molar-refractivity contribution in [3.63, 3.8) is 0 Å². The highest BCUT2D eigenvalue weighted by Crippen LogP contribution is 2.32. The van der Waals surface area contributed by atoms with E-state index in [4.69, 9.17) is 9.26 Å².